The number of benzene rings is 2. The number of rotatable bonds is 1. The normalized spacial score (nSPS) is 15.3. The molecule has 0 saturated heterocycles. The second-order valence-electron chi connectivity index (χ2n) is 4.78. The molecule has 4 rings (SSSR count). The van der Waals surface area contributed by atoms with E-state index in [9.17, 15) is 5.26 Å². The molecule has 1 aromatic heterocycles. The van der Waals surface area contributed by atoms with E-state index in [1.807, 2.05) is 48.5 Å². The number of hydrogen-bond acceptors (Lipinski definition) is 4. The number of anilines is 1. The summed E-state index contributed by atoms with van der Waals surface area (Å²) in [4.78, 5) is 1.95. The van der Waals surface area contributed by atoms with Crippen molar-refractivity contribution in [2.75, 3.05) is 5.32 Å². The molecule has 2 aromatic carbocycles. The number of para-hydroxylation sites is 1. The number of nitriles is 1. The Labute approximate surface area is 141 Å². The zero-order valence-corrected chi connectivity index (χ0v) is 13.6. The molecule has 0 spiro atoms. The molecule has 0 radical (unpaired) electrons. The number of halogens is 1. The Bertz CT molecular complexity index is 939. The second kappa shape index (κ2) is 5.36. The second-order valence-corrected chi connectivity index (χ2v) is 7.26. The highest BCUT2D eigenvalue weighted by atomic mass is 35.5. The number of thiophene rings is 1. The number of hydrogen-bond donors (Lipinski definition) is 1. The van der Waals surface area contributed by atoms with Crippen LogP contribution in [0, 0.1) is 11.3 Å². The summed E-state index contributed by atoms with van der Waals surface area (Å²) in [5.41, 5.74) is 1.64. The van der Waals surface area contributed by atoms with Crippen LogP contribution in [0.5, 0.6) is 0 Å². The molecule has 106 valence electrons. The molecular formula is C17H9ClN2S2. The molecular weight excluding hydrogens is 332 g/mol. The van der Waals surface area contributed by atoms with E-state index < -0.39 is 0 Å². The highest BCUT2D eigenvalue weighted by molar-refractivity contribution is 8.04. The van der Waals surface area contributed by atoms with Crippen LogP contribution in [0.1, 0.15) is 4.88 Å². The number of nitrogens with one attached hydrogen (secondary N) is 1. The molecule has 0 unspecified atom stereocenters. The Morgan fingerprint density at radius 2 is 1.86 bits per heavy atom. The van der Waals surface area contributed by atoms with E-state index in [0.29, 0.717) is 10.6 Å². The summed E-state index contributed by atoms with van der Waals surface area (Å²) in [7, 11) is 0. The first-order valence-corrected chi connectivity index (χ1v) is 8.64. The Morgan fingerprint density at radius 1 is 1.09 bits per heavy atom. The molecule has 0 bridgehead atoms. The molecule has 2 nitrogen and oxygen atoms in total. The van der Waals surface area contributed by atoms with Gasteiger partial charge in [-0.3, -0.25) is 0 Å². The van der Waals surface area contributed by atoms with Crippen LogP contribution < -0.4 is 5.32 Å². The molecule has 22 heavy (non-hydrogen) atoms. The van der Waals surface area contributed by atoms with Gasteiger partial charge in [0.25, 0.3) is 0 Å². The van der Waals surface area contributed by atoms with Crippen molar-refractivity contribution in [2.24, 2.45) is 0 Å². The average Bonchev–Trinajstić information content (AvgIpc) is 3.11. The SMILES string of the molecule is N#CC(=C1Nc2ccccc2S1)c1sc2ccccc2c1Cl. The van der Waals surface area contributed by atoms with Gasteiger partial charge in [0, 0.05) is 15.0 Å². The third-order valence-corrected chi connectivity index (χ3v) is 6.23. The molecule has 1 aliphatic heterocycles. The van der Waals surface area contributed by atoms with E-state index in [1.165, 1.54) is 0 Å². The van der Waals surface area contributed by atoms with Crippen LogP contribution >= 0.6 is 34.7 Å². The van der Waals surface area contributed by atoms with Gasteiger partial charge in [-0.25, -0.2) is 0 Å². The monoisotopic (exact) mass is 340 g/mol. The Hall–Kier alpha value is -1.93. The highest BCUT2D eigenvalue weighted by Gasteiger charge is 2.23. The van der Waals surface area contributed by atoms with Crippen molar-refractivity contribution in [3.63, 3.8) is 0 Å². The van der Waals surface area contributed by atoms with Crippen molar-refractivity contribution >= 4 is 56.0 Å². The lowest BCUT2D eigenvalue weighted by molar-refractivity contribution is 1.46. The summed E-state index contributed by atoms with van der Waals surface area (Å²) in [5, 5.41) is 15.5. The van der Waals surface area contributed by atoms with E-state index in [4.69, 9.17) is 11.6 Å². The molecule has 3 aromatic rings. The standard InChI is InChI=1S/C17H9ClN2S2/c18-15-10-5-1-3-7-13(10)21-16(15)11(9-19)17-20-12-6-2-4-8-14(12)22-17/h1-8,20H. The van der Waals surface area contributed by atoms with Crippen LogP contribution in [-0.4, -0.2) is 0 Å². The van der Waals surface area contributed by atoms with Gasteiger partial charge in [-0.1, -0.05) is 53.7 Å². The Kier molecular flexibility index (Phi) is 3.34. The smallest absolute Gasteiger partial charge is 0.103 e. The van der Waals surface area contributed by atoms with Crippen LogP contribution in [0.2, 0.25) is 5.02 Å². The maximum atomic E-state index is 9.66. The summed E-state index contributed by atoms with van der Waals surface area (Å²) >= 11 is 9.64. The van der Waals surface area contributed by atoms with Gasteiger partial charge < -0.3 is 5.32 Å². The minimum absolute atomic E-state index is 0.604. The van der Waals surface area contributed by atoms with E-state index in [1.54, 1.807) is 23.1 Å². The molecule has 0 saturated carbocycles. The first-order valence-electron chi connectivity index (χ1n) is 6.63. The molecule has 2 heterocycles. The fraction of sp³-hybridized carbons (Fsp3) is 0. The van der Waals surface area contributed by atoms with Gasteiger partial charge in [-0.15, -0.1) is 11.3 Å². The van der Waals surface area contributed by atoms with E-state index in [0.717, 1.165) is 30.6 Å². The predicted octanol–water partition coefficient (Wildman–Crippen LogP) is 5.96. The van der Waals surface area contributed by atoms with Crippen molar-refractivity contribution in [3.05, 3.63) is 63.5 Å². The van der Waals surface area contributed by atoms with Gasteiger partial charge in [-0.2, -0.15) is 5.26 Å². The van der Waals surface area contributed by atoms with Crippen molar-refractivity contribution in [2.45, 2.75) is 4.90 Å². The minimum atomic E-state index is 0.604. The van der Waals surface area contributed by atoms with Crippen LogP contribution in [0.25, 0.3) is 15.7 Å². The summed E-state index contributed by atoms with van der Waals surface area (Å²) in [6.07, 6.45) is 0. The third kappa shape index (κ3) is 2.10. The predicted molar refractivity (Wildman–Crippen MR) is 95.3 cm³/mol. The van der Waals surface area contributed by atoms with Gasteiger partial charge in [0.15, 0.2) is 0 Å². The average molecular weight is 341 g/mol. The molecule has 1 aliphatic rings. The van der Waals surface area contributed by atoms with Gasteiger partial charge >= 0.3 is 0 Å². The Morgan fingerprint density at radius 3 is 2.64 bits per heavy atom. The van der Waals surface area contributed by atoms with Crippen LogP contribution in [0.15, 0.2) is 58.5 Å². The topological polar surface area (TPSA) is 35.8 Å². The van der Waals surface area contributed by atoms with Crippen LogP contribution in [-0.2, 0) is 0 Å². The summed E-state index contributed by atoms with van der Waals surface area (Å²) < 4.78 is 1.09. The molecule has 0 amide bonds. The third-order valence-electron chi connectivity index (χ3n) is 3.45. The molecule has 1 N–H and O–H groups in total. The molecule has 0 aliphatic carbocycles. The Balaban J connectivity index is 1.88. The number of fused-ring (bicyclic) bond motifs is 2. The lowest BCUT2D eigenvalue weighted by Crippen LogP contribution is -1.92. The summed E-state index contributed by atoms with van der Waals surface area (Å²) in [6, 6.07) is 18.3. The maximum absolute atomic E-state index is 9.66. The van der Waals surface area contributed by atoms with E-state index in [2.05, 4.69) is 11.4 Å². The lowest BCUT2D eigenvalue weighted by Gasteiger charge is -2.02. The highest BCUT2D eigenvalue weighted by Crippen LogP contribution is 2.47. The fourth-order valence-corrected chi connectivity index (χ4v) is 5.01. The van der Waals surface area contributed by atoms with Gasteiger partial charge in [-0.05, 0) is 18.2 Å². The van der Waals surface area contributed by atoms with E-state index >= 15 is 0 Å². The summed E-state index contributed by atoms with van der Waals surface area (Å²) in [6.45, 7) is 0. The molecule has 5 heteroatoms. The minimum Gasteiger partial charge on any atom is -0.348 e. The number of allylic oxidation sites excluding steroid dienone is 1. The first kappa shape index (κ1) is 13.7. The summed E-state index contributed by atoms with van der Waals surface area (Å²) in [5.74, 6) is 0. The number of nitrogens with zero attached hydrogens (tertiary/aromatic N) is 1. The quantitative estimate of drug-likeness (QED) is 0.555. The van der Waals surface area contributed by atoms with E-state index in [-0.39, 0.29) is 0 Å². The van der Waals surface area contributed by atoms with Crippen molar-refractivity contribution in [3.8, 4) is 6.07 Å². The maximum Gasteiger partial charge on any atom is 0.103 e. The van der Waals surface area contributed by atoms with Gasteiger partial charge in [0.05, 0.1) is 20.6 Å². The van der Waals surface area contributed by atoms with Gasteiger partial charge in [0.2, 0.25) is 0 Å². The number of thioether (sulfide) groups is 1. The fourth-order valence-electron chi connectivity index (χ4n) is 2.41. The van der Waals surface area contributed by atoms with Gasteiger partial charge in [0.1, 0.15) is 11.6 Å². The van der Waals surface area contributed by atoms with Crippen molar-refractivity contribution in [1.82, 2.24) is 0 Å². The lowest BCUT2D eigenvalue weighted by atomic mass is 10.2. The largest absolute Gasteiger partial charge is 0.348 e. The molecule has 0 atom stereocenters. The van der Waals surface area contributed by atoms with Crippen LogP contribution in [0.3, 0.4) is 0 Å². The van der Waals surface area contributed by atoms with Crippen LogP contribution in [0.4, 0.5) is 5.69 Å². The zero-order chi connectivity index (χ0) is 15.1. The molecule has 0 fully saturated rings. The first-order chi connectivity index (χ1) is 10.8. The van der Waals surface area contributed by atoms with Crippen molar-refractivity contribution < 1.29 is 0 Å². The zero-order valence-electron chi connectivity index (χ0n) is 11.3. The van der Waals surface area contributed by atoms with Crippen molar-refractivity contribution in [1.29, 1.82) is 5.26 Å².